The summed E-state index contributed by atoms with van der Waals surface area (Å²) >= 11 is 0. The molecule has 2 aliphatic heterocycles. The standard InChI is InChI=1S/C27H28N4O6/c1-14(32)29-21-10-15-4-7-24(33)19(9-15)16-5-6-20-18(11-16)17(13-28-20)12-22(27(36)37)30-25(34)23-3-2-8-31(23)26(21)35/h4-7,9,11,13,21-23,28,33H,2-3,8,10,12H2,1H3,(H,29,32)(H,30,34)(H,36,37)/t21-,22-,23-/m0/s1. The lowest BCUT2D eigenvalue weighted by atomic mass is 9.95. The summed E-state index contributed by atoms with van der Waals surface area (Å²) in [6, 6.07) is 7.63. The van der Waals surface area contributed by atoms with Crippen LogP contribution < -0.4 is 10.6 Å². The number of nitrogens with one attached hydrogen (secondary N) is 3. The molecule has 0 aliphatic carbocycles. The lowest BCUT2D eigenvalue weighted by molar-refractivity contribution is -0.144. The third-order valence-electron chi connectivity index (χ3n) is 7.13. The molecule has 0 unspecified atom stereocenters. The lowest BCUT2D eigenvalue weighted by Gasteiger charge is -2.29. The second kappa shape index (κ2) is 9.61. The molecule has 1 fully saturated rings. The van der Waals surface area contributed by atoms with Gasteiger partial charge in [0.05, 0.1) is 0 Å². The number of aliphatic carboxylic acids is 1. The second-order valence-electron chi connectivity index (χ2n) is 9.68. The number of aromatic amines is 1. The van der Waals surface area contributed by atoms with Gasteiger partial charge in [0.15, 0.2) is 0 Å². The first-order valence-corrected chi connectivity index (χ1v) is 12.2. The van der Waals surface area contributed by atoms with Crippen LogP contribution in [0.15, 0.2) is 42.6 Å². The molecule has 10 heteroatoms. The Morgan fingerprint density at radius 3 is 2.68 bits per heavy atom. The molecule has 3 atom stereocenters. The summed E-state index contributed by atoms with van der Waals surface area (Å²) in [6.07, 6.45) is 2.90. The highest BCUT2D eigenvalue weighted by Gasteiger charge is 2.39. The molecule has 4 bridgehead atoms. The van der Waals surface area contributed by atoms with E-state index >= 15 is 0 Å². The molecule has 37 heavy (non-hydrogen) atoms. The number of aromatic hydroxyl groups is 1. The number of amides is 3. The molecule has 3 aromatic rings. The maximum absolute atomic E-state index is 13.6. The van der Waals surface area contributed by atoms with Gasteiger partial charge in [-0.2, -0.15) is 0 Å². The third-order valence-corrected chi connectivity index (χ3v) is 7.13. The number of fused-ring (bicyclic) bond motifs is 5. The topological polar surface area (TPSA) is 152 Å². The Hall–Kier alpha value is -4.34. The van der Waals surface area contributed by atoms with Crippen LogP contribution in [0.4, 0.5) is 0 Å². The molecule has 1 aromatic heterocycles. The van der Waals surface area contributed by atoms with Crippen molar-refractivity contribution in [3.05, 3.63) is 53.7 Å². The molecular formula is C27H28N4O6. The van der Waals surface area contributed by atoms with Crippen LogP contribution in [0.3, 0.4) is 0 Å². The van der Waals surface area contributed by atoms with E-state index in [9.17, 15) is 29.4 Å². The number of H-pyrrole nitrogens is 1. The minimum absolute atomic E-state index is 0.0335. The number of phenols is 1. The minimum Gasteiger partial charge on any atom is -0.507 e. The normalized spacial score (nSPS) is 22.1. The largest absolute Gasteiger partial charge is 0.507 e. The third kappa shape index (κ3) is 4.74. The van der Waals surface area contributed by atoms with Gasteiger partial charge in [0.25, 0.3) is 0 Å². The van der Waals surface area contributed by atoms with E-state index in [1.807, 2.05) is 18.2 Å². The molecule has 5 N–H and O–H groups in total. The number of rotatable bonds is 2. The summed E-state index contributed by atoms with van der Waals surface area (Å²) in [5.74, 6) is -2.45. The number of hydrogen-bond donors (Lipinski definition) is 5. The minimum atomic E-state index is -1.21. The van der Waals surface area contributed by atoms with Crippen LogP contribution in [0.25, 0.3) is 22.0 Å². The Balaban J connectivity index is 1.65. The monoisotopic (exact) mass is 504 g/mol. The van der Waals surface area contributed by atoms with Gasteiger partial charge in [-0.1, -0.05) is 12.1 Å². The first-order chi connectivity index (χ1) is 17.7. The van der Waals surface area contributed by atoms with Crippen LogP contribution in [0.2, 0.25) is 0 Å². The summed E-state index contributed by atoms with van der Waals surface area (Å²) in [5, 5.41) is 26.7. The van der Waals surface area contributed by atoms with Crippen molar-refractivity contribution in [1.82, 2.24) is 20.5 Å². The number of carboxylic acids is 1. The van der Waals surface area contributed by atoms with Gasteiger partial charge in [-0.25, -0.2) is 4.79 Å². The van der Waals surface area contributed by atoms with Crippen LogP contribution >= 0.6 is 0 Å². The fraction of sp³-hybridized carbons (Fsp3) is 0.333. The van der Waals surface area contributed by atoms with E-state index < -0.39 is 35.9 Å². The van der Waals surface area contributed by atoms with Crippen LogP contribution in [0.5, 0.6) is 5.75 Å². The summed E-state index contributed by atoms with van der Waals surface area (Å²) in [7, 11) is 0. The number of aromatic nitrogens is 1. The van der Waals surface area contributed by atoms with Gasteiger partial charge in [0, 0.05) is 49.0 Å². The van der Waals surface area contributed by atoms with E-state index in [1.165, 1.54) is 11.8 Å². The number of hydrogen-bond acceptors (Lipinski definition) is 5. The molecule has 2 aromatic carbocycles. The van der Waals surface area contributed by atoms with Gasteiger partial charge < -0.3 is 30.7 Å². The van der Waals surface area contributed by atoms with E-state index in [4.69, 9.17) is 0 Å². The molecule has 3 amide bonds. The number of benzene rings is 2. The molecule has 1 saturated heterocycles. The van der Waals surface area contributed by atoms with E-state index in [2.05, 4.69) is 15.6 Å². The van der Waals surface area contributed by atoms with Crippen LogP contribution in [0, 0.1) is 0 Å². The van der Waals surface area contributed by atoms with Crippen molar-refractivity contribution in [2.45, 2.75) is 50.7 Å². The Morgan fingerprint density at radius 1 is 1.11 bits per heavy atom. The average molecular weight is 505 g/mol. The maximum atomic E-state index is 13.6. The zero-order valence-corrected chi connectivity index (χ0v) is 20.3. The van der Waals surface area contributed by atoms with Crippen molar-refractivity contribution in [1.29, 1.82) is 0 Å². The molecule has 0 saturated carbocycles. The van der Waals surface area contributed by atoms with Gasteiger partial charge >= 0.3 is 5.97 Å². The number of carbonyl (C=O) groups is 4. The fourth-order valence-corrected chi connectivity index (χ4v) is 5.33. The Labute approximate surface area is 212 Å². The molecule has 192 valence electrons. The molecule has 10 nitrogen and oxygen atoms in total. The number of carboxylic acid groups (broad SMARTS) is 1. The highest BCUT2D eigenvalue weighted by Crippen LogP contribution is 2.34. The summed E-state index contributed by atoms with van der Waals surface area (Å²) in [5.41, 5.74) is 3.49. The van der Waals surface area contributed by atoms with Crippen LogP contribution in [-0.2, 0) is 32.0 Å². The summed E-state index contributed by atoms with van der Waals surface area (Å²) in [4.78, 5) is 55.5. The van der Waals surface area contributed by atoms with Crippen molar-refractivity contribution in [3.8, 4) is 16.9 Å². The molecule has 0 spiro atoms. The number of phenolic OH excluding ortho intramolecular Hbond substituents is 1. The van der Waals surface area contributed by atoms with Crippen molar-refractivity contribution in [2.75, 3.05) is 6.54 Å². The molecule has 2 aliphatic rings. The Kier molecular flexibility index (Phi) is 6.32. The van der Waals surface area contributed by atoms with Crippen molar-refractivity contribution >= 4 is 34.6 Å². The van der Waals surface area contributed by atoms with Gasteiger partial charge in [0.2, 0.25) is 17.7 Å². The molecule has 5 rings (SSSR count). The van der Waals surface area contributed by atoms with Crippen LogP contribution in [-0.4, -0.2) is 68.5 Å². The first-order valence-electron chi connectivity index (χ1n) is 12.2. The molecule has 0 radical (unpaired) electrons. The highest BCUT2D eigenvalue weighted by molar-refractivity contribution is 5.95. The van der Waals surface area contributed by atoms with Gasteiger partial charge in [-0.05, 0) is 53.8 Å². The number of nitrogens with zero attached hydrogens (tertiary/aromatic N) is 1. The second-order valence-corrected chi connectivity index (χ2v) is 9.68. The molecular weight excluding hydrogens is 476 g/mol. The van der Waals surface area contributed by atoms with Crippen molar-refractivity contribution in [3.63, 3.8) is 0 Å². The average Bonchev–Trinajstić information content (AvgIpc) is 3.50. The van der Waals surface area contributed by atoms with Gasteiger partial charge in [-0.3, -0.25) is 14.4 Å². The van der Waals surface area contributed by atoms with E-state index in [0.29, 0.717) is 36.1 Å². The van der Waals surface area contributed by atoms with E-state index in [-0.39, 0.29) is 24.5 Å². The zero-order valence-electron chi connectivity index (χ0n) is 20.3. The maximum Gasteiger partial charge on any atom is 0.326 e. The predicted molar refractivity (Wildman–Crippen MR) is 135 cm³/mol. The SMILES string of the molecule is CC(=O)N[C@H]1Cc2ccc(O)c(c2)-c2ccc3[nH]cc(c3c2)C[C@@H](C(=O)O)NC(=O)[C@@H]2CCCN2C1=O. The predicted octanol–water partition coefficient (Wildman–Crippen LogP) is 1.70. The summed E-state index contributed by atoms with van der Waals surface area (Å²) < 4.78 is 0. The van der Waals surface area contributed by atoms with Crippen molar-refractivity contribution < 1.29 is 29.4 Å². The Morgan fingerprint density at radius 2 is 1.92 bits per heavy atom. The fourth-order valence-electron chi connectivity index (χ4n) is 5.33. The van der Waals surface area contributed by atoms with Crippen molar-refractivity contribution in [2.24, 2.45) is 0 Å². The highest BCUT2D eigenvalue weighted by atomic mass is 16.4. The smallest absolute Gasteiger partial charge is 0.326 e. The number of carbonyl (C=O) groups excluding carboxylic acids is 3. The van der Waals surface area contributed by atoms with E-state index in [0.717, 1.165) is 16.5 Å². The van der Waals surface area contributed by atoms with E-state index in [1.54, 1.807) is 24.4 Å². The molecule has 3 heterocycles. The van der Waals surface area contributed by atoms with Gasteiger partial charge in [-0.15, -0.1) is 0 Å². The quantitative estimate of drug-likeness (QED) is 0.358. The zero-order chi connectivity index (χ0) is 26.3. The van der Waals surface area contributed by atoms with Gasteiger partial charge in [0.1, 0.15) is 23.9 Å². The Bertz CT molecular complexity index is 1410. The first kappa shape index (κ1) is 24.4. The van der Waals surface area contributed by atoms with Crippen LogP contribution in [0.1, 0.15) is 30.9 Å². The lowest BCUT2D eigenvalue weighted by Crippen LogP contribution is -2.55. The summed E-state index contributed by atoms with van der Waals surface area (Å²) in [6.45, 7) is 1.65.